The van der Waals surface area contributed by atoms with Crippen LogP contribution in [0.25, 0.3) is 0 Å². The van der Waals surface area contributed by atoms with Crippen LogP contribution in [0.3, 0.4) is 0 Å². The molecule has 1 aromatic heterocycles. The summed E-state index contributed by atoms with van der Waals surface area (Å²) in [5, 5.41) is 4.13. The third-order valence-corrected chi connectivity index (χ3v) is 2.86. The Bertz CT molecular complexity index is 565. The molecular formula is C11H9F2N3OS. The molecule has 1 heterocycles. The van der Waals surface area contributed by atoms with Gasteiger partial charge in [0.1, 0.15) is 17.3 Å². The second-order valence-electron chi connectivity index (χ2n) is 3.50. The van der Waals surface area contributed by atoms with Gasteiger partial charge in [-0.1, -0.05) is 6.07 Å². The number of anilines is 2. The van der Waals surface area contributed by atoms with Gasteiger partial charge >= 0.3 is 0 Å². The molecule has 0 saturated heterocycles. The summed E-state index contributed by atoms with van der Waals surface area (Å²) in [5.74, 6) is -2.19. The van der Waals surface area contributed by atoms with Crippen molar-refractivity contribution in [2.45, 2.75) is 6.42 Å². The SMILES string of the molecule is Nc1nc(CC(=O)Nc2c(F)cccc2F)cs1. The number of nitrogens with two attached hydrogens (primary N) is 1. The van der Waals surface area contributed by atoms with Crippen molar-refractivity contribution < 1.29 is 13.6 Å². The van der Waals surface area contributed by atoms with Crippen molar-refractivity contribution in [2.24, 2.45) is 0 Å². The molecule has 94 valence electrons. The van der Waals surface area contributed by atoms with Gasteiger partial charge in [-0.15, -0.1) is 11.3 Å². The lowest BCUT2D eigenvalue weighted by Crippen LogP contribution is -2.16. The first kappa shape index (κ1) is 12.4. The zero-order chi connectivity index (χ0) is 13.1. The molecule has 0 radical (unpaired) electrons. The van der Waals surface area contributed by atoms with E-state index in [4.69, 9.17) is 5.73 Å². The predicted octanol–water partition coefficient (Wildman–Crippen LogP) is 2.18. The molecule has 0 aliphatic rings. The molecule has 0 atom stereocenters. The maximum atomic E-state index is 13.3. The molecule has 0 fully saturated rings. The normalized spacial score (nSPS) is 10.3. The highest BCUT2D eigenvalue weighted by Gasteiger charge is 2.13. The molecule has 18 heavy (non-hydrogen) atoms. The van der Waals surface area contributed by atoms with Crippen molar-refractivity contribution >= 4 is 28.1 Å². The van der Waals surface area contributed by atoms with Crippen molar-refractivity contribution in [1.29, 1.82) is 0 Å². The number of rotatable bonds is 3. The number of carbonyl (C=O) groups excluding carboxylic acids is 1. The fraction of sp³-hybridized carbons (Fsp3) is 0.0909. The Kier molecular flexibility index (Phi) is 3.52. The zero-order valence-electron chi connectivity index (χ0n) is 9.11. The van der Waals surface area contributed by atoms with E-state index in [2.05, 4.69) is 10.3 Å². The molecular weight excluding hydrogens is 260 g/mol. The molecule has 0 spiro atoms. The molecule has 1 aromatic carbocycles. The molecule has 2 aromatic rings. The smallest absolute Gasteiger partial charge is 0.230 e. The van der Waals surface area contributed by atoms with Gasteiger partial charge in [0.15, 0.2) is 5.13 Å². The van der Waals surface area contributed by atoms with Gasteiger partial charge < -0.3 is 11.1 Å². The van der Waals surface area contributed by atoms with Crippen LogP contribution in [0.5, 0.6) is 0 Å². The number of amides is 1. The zero-order valence-corrected chi connectivity index (χ0v) is 9.93. The minimum absolute atomic E-state index is 0.0819. The van der Waals surface area contributed by atoms with Crippen LogP contribution in [0.1, 0.15) is 5.69 Å². The van der Waals surface area contributed by atoms with Crippen LogP contribution >= 0.6 is 11.3 Å². The Hall–Kier alpha value is -2.02. The van der Waals surface area contributed by atoms with Gasteiger partial charge in [0.25, 0.3) is 0 Å². The van der Waals surface area contributed by atoms with Crippen LogP contribution in [0, 0.1) is 11.6 Å². The average Bonchev–Trinajstić information content (AvgIpc) is 2.69. The standard InChI is InChI=1S/C11H9F2N3OS/c12-7-2-1-3-8(13)10(7)16-9(17)4-6-5-18-11(14)15-6/h1-3,5H,4H2,(H2,14,15)(H,16,17). The number of halogens is 2. The molecule has 0 saturated carbocycles. The topological polar surface area (TPSA) is 68.0 Å². The minimum Gasteiger partial charge on any atom is -0.375 e. The number of hydrogen-bond acceptors (Lipinski definition) is 4. The Labute approximate surface area is 105 Å². The number of benzene rings is 1. The monoisotopic (exact) mass is 269 g/mol. The number of carbonyl (C=O) groups is 1. The van der Waals surface area contributed by atoms with Crippen molar-refractivity contribution in [3.05, 3.63) is 40.9 Å². The van der Waals surface area contributed by atoms with Crippen LogP contribution in [-0.4, -0.2) is 10.9 Å². The molecule has 4 nitrogen and oxygen atoms in total. The highest BCUT2D eigenvalue weighted by Crippen LogP contribution is 2.18. The van der Waals surface area contributed by atoms with Crippen molar-refractivity contribution in [3.8, 4) is 0 Å². The number of nitrogens with one attached hydrogen (secondary N) is 1. The van der Waals surface area contributed by atoms with Crippen molar-refractivity contribution in [3.63, 3.8) is 0 Å². The molecule has 0 aliphatic carbocycles. The minimum atomic E-state index is -0.818. The van der Waals surface area contributed by atoms with E-state index in [-0.39, 0.29) is 6.42 Å². The second-order valence-corrected chi connectivity index (χ2v) is 4.39. The first-order valence-corrected chi connectivity index (χ1v) is 5.88. The van der Waals surface area contributed by atoms with E-state index in [1.807, 2.05) is 0 Å². The summed E-state index contributed by atoms with van der Waals surface area (Å²) in [4.78, 5) is 15.5. The summed E-state index contributed by atoms with van der Waals surface area (Å²) in [6.07, 6.45) is -0.0819. The predicted molar refractivity (Wildman–Crippen MR) is 65.2 cm³/mol. The van der Waals surface area contributed by atoms with Gasteiger partial charge in [-0.3, -0.25) is 4.79 Å². The first-order valence-electron chi connectivity index (χ1n) is 5.00. The molecule has 3 N–H and O–H groups in total. The van der Waals surface area contributed by atoms with Crippen molar-refractivity contribution in [2.75, 3.05) is 11.1 Å². The first-order chi connectivity index (χ1) is 8.56. The van der Waals surface area contributed by atoms with Gasteiger partial charge in [-0.2, -0.15) is 0 Å². The highest BCUT2D eigenvalue weighted by molar-refractivity contribution is 7.13. The molecule has 7 heteroatoms. The number of aromatic nitrogens is 1. The van der Waals surface area contributed by atoms with Crippen LogP contribution < -0.4 is 11.1 Å². The van der Waals surface area contributed by atoms with E-state index in [0.717, 1.165) is 12.1 Å². The number of nitrogen functional groups attached to an aromatic ring is 1. The van der Waals surface area contributed by atoms with Crippen LogP contribution in [0.15, 0.2) is 23.6 Å². The summed E-state index contributed by atoms with van der Waals surface area (Å²) in [7, 11) is 0. The van der Waals surface area contributed by atoms with Crippen molar-refractivity contribution in [1.82, 2.24) is 4.98 Å². The lowest BCUT2D eigenvalue weighted by molar-refractivity contribution is -0.115. The van der Waals surface area contributed by atoms with Gasteiger partial charge in [0.05, 0.1) is 12.1 Å². The summed E-state index contributed by atoms with van der Waals surface area (Å²) < 4.78 is 26.5. The van der Waals surface area contributed by atoms with Crippen LogP contribution in [0.4, 0.5) is 19.6 Å². The van der Waals surface area contributed by atoms with E-state index in [0.29, 0.717) is 10.8 Å². The molecule has 0 unspecified atom stereocenters. The maximum Gasteiger partial charge on any atom is 0.230 e. The van der Waals surface area contributed by atoms with E-state index in [1.54, 1.807) is 5.38 Å². The fourth-order valence-electron chi connectivity index (χ4n) is 1.37. The Morgan fingerprint density at radius 3 is 2.61 bits per heavy atom. The summed E-state index contributed by atoms with van der Waals surface area (Å²) in [6, 6.07) is 3.36. The molecule has 0 bridgehead atoms. The maximum absolute atomic E-state index is 13.3. The van der Waals surface area contributed by atoms with E-state index in [9.17, 15) is 13.6 Å². The Balaban J connectivity index is 2.08. The summed E-state index contributed by atoms with van der Waals surface area (Å²) in [5.41, 5.74) is 5.42. The average molecular weight is 269 g/mol. The highest BCUT2D eigenvalue weighted by atomic mass is 32.1. The van der Waals surface area contributed by atoms with Crippen LogP contribution in [0.2, 0.25) is 0 Å². The van der Waals surface area contributed by atoms with Crippen LogP contribution in [-0.2, 0) is 11.2 Å². The van der Waals surface area contributed by atoms with Gasteiger partial charge in [-0.05, 0) is 12.1 Å². The van der Waals surface area contributed by atoms with Gasteiger partial charge in [0, 0.05) is 5.38 Å². The van der Waals surface area contributed by atoms with Gasteiger partial charge in [0.2, 0.25) is 5.91 Å². The second kappa shape index (κ2) is 5.09. The fourth-order valence-corrected chi connectivity index (χ4v) is 1.93. The lowest BCUT2D eigenvalue weighted by atomic mass is 10.2. The van der Waals surface area contributed by atoms with E-state index < -0.39 is 23.2 Å². The third kappa shape index (κ3) is 2.80. The summed E-state index contributed by atoms with van der Waals surface area (Å²) >= 11 is 1.20. The summed E-state index contributed by atoms with van der Waals surface area (Å²) in [6.45, 7) is 0. The number of nitrogens with zero attached hydrogens (tertiary/aromatic N) is 1. The van der Waals surface area contributed by atoms with E-state index in [1.165, 1.54) is 17.4 Å². The molecule has 0 aliphatic heterocycles. The number of thiazole rings is 1. The Morgan fingerprint density at radius 1 is 1.39 bits per heavy atom. The largest absolute Gasteiger partial charge is 0.375 e. The molecule has 1 amide bonds. The lowest BCUT2D eigenvalue weighted by Gasteiger charge is -2.06. The van der Waals surface area contributed by atoms with E-state index >= 15 is 0 Å². The molecule has 2 rings (SSSR count). The number of hydrogen-bond donors (Lipinski definition) is 2. The Morgan fingerprint density at radius 2 is 2.06 bits per heavy atom. The van der Waals surface area contributed by atoms with Gasteiger partial charge in [-0.25, -0.2) is 13.8 Å². The quantitative estimate of drug-likeness (QED) is 0.897. The number of para-hydroxylation sites is 1. The third-order valence-electron chi connectivity index (χ3n) is 2.14.